The van der Waals surface area contributed by atoms with Crippen molar-refractivity contribution in [1.82, 2.24) is 14.8 Å². The van der Waals surface area contributed by atoms with E-state index in [1.807, 2.05) is 11.8 Å². The summed E-state index contributed by atoms with van der Waals surface area (Å²) >= 11 is 1.94. The van der Waals surface area contributed by atoms with Crippen LogP contribution in [0.25, 0.3) is 0 Å². The van der Waals surface area contributed by atoms with E-state index in [2.05, 4.69) is 21.7 Å². The Kier molecular flexibility index (Phi) is 3.13. The molecule has 2 aliphatic carbocycles. The Morgan fingerprint density at radius 3 is 2.82 bits per heavy atom. The molecule has 2 bridgehead atoms. The Morgan fingerprint density at radius 1 is 1.35 bits per heavy atom. The van der Waals surface area contributed by atoms with Crippen molar-refractivity contribution in [2.24, 2.45) is 17.6 Å². The molecule has 3 unspecified atom stereocenters. The standard InChI is InChI=1S/C12H20N4S/c1-2-16-11(7-13)14-15-12(16)17-10-6-8-3-4-9(10)5-8/h8-10H,2-7,13H2,1H3. The second-order valence-electron chi connectivity index (χ2n) is 5.18. The number of nitrogens with two attached hydrogens (primary N) is 1. The first-order chi connectivity index (χ1) is 8.31. The molecule has 5 heteroatoms. The van der Waals surface area contributed by atoms with Gasteiger partial charge in [0.1, 0.15) is 5.82 Å². The molecule has 2 saturated carbocycles. The number of aromatic nitrogens is 3. The highest BCUT2D eigenvalue weighted by Gasteiger charge is 2.40. The summed E-state index contributed by atoms with van der Waals surface area (Å²) in [6.07, 6.45) is 5.70. The minimum atomic E-state index is 0.484. The monoisotopic (exact) mass is 252 g/mol. The molecule has 1 aromatic rings. The molecule has 0 aliphatic heterocycles. The third-order valence-corrected chi connectivity index (χ3v) is 5.62. The van der Waals surface area contributed by atoms with Gasteiger partial charge in [-0.1, -0.05) is 18.2 Å². The van der Waals surface area contributed by atoms with Gasteiger partial charge in [0.15, 0.2) is 5.16 Å². The predicted molar refractivity (Wildman–Crippen MR) is 68.7 cm³/mol. The molecule has 1 heterocycles. The van der Waals surface area contributed by atoms with Crippen molar-refractivity contribution in [3.63, 3.8) is 0 Å². The lowest BCUT2D eigenvalue weighted by molar-refractivity contribution is 0.490. The van der Waals surface area contributed by atoms with E-state index in [0.29, 0.717) is 6.54 Å². The van der Waals surface area contributed by atoms with Crippen LogP contribution in [0.1, 0.15) is 38.4 Å². The summed E-state index contributed by atoms with van der Waals surface area (Å²) < 4.78 is 2.16. The fourth-order valence-electron chi connectivity index (χ4n) is 3.34. The van der Waals surface area contributed by atoms with Gasteiger partial charge >= 0.3 is 0 Å². The highest BCUT2D eigenvalue weighted by atomic mass is 32.2. The van der Waals surface area contributed by atoms with E-state index in [0.717, 1.165) is 34.6 Å². The first-order valence-corrected chi connectivity index (χ1v) is 7.48. The second kappa shape index (κ2) is 4.61. The second-order valence-corrected chi connectivity index (χ2v) is 6.38. The number of fused-ring (bicyclic) bond motifs is 2. The highest BCUT2D eigenvalue weighted by Crippen LogP contribution is 2.50. The quantitative estimate of drug-likeness (QED) is 0.891. The highest BCUT2D eigenvalue weighted by molar-refractivity contribution is 7.99. The third kappa shape index (κ3) is 1.99. The van der Waals surface area contributed by atoms with Gasteiger partial charge in [0, 0.05) is 11.8 Å². The van der Waals surface area contributed by atoms with E-state index in [1.54, 1.807) is 0 Å². The number of nitrogens with zero attached hydrogens (tertiary/aromatic N) is 3. The summed E-state index contributed by atoms with van der Waals surface area (Å²) in [4.78, 5) is 0. The molecule has 0 aromatic carbocycles. The lowest BCUT2D eigenvalue weighted by Gasteiger charge is -2.20. The van der Waals surface area contributed by atoms with Crippen LogP contribution < -0.4 is 5.73 Å². The van der Waals surface area contributed by atoms with Crippen LogP contribution in [-0.2, 0) is 13.1 Å². The predicted octanol–water partition coefficient (Wildman–Crippen LogP) is 2.04. The van der Waals surface area contributed by atoms with E-state index in [4.69, 9.17) is 5.73 Å². The number of rotatable bonds is 4. The van der Waals surface area contributed by atoms with Crippen molar-refractivity contribution in [1.29, 1.82) is 0 Å². The van der Waals surface area contributed by atoms with E-state index >= 15 is 0 Å². The van der Waals surface area contributed by atoms with Gasteiger partial charge in [0.2, 0.25) is 0 Å². The summed E-state index contributed by atoms with van der Waals surface area (Å²) in [6.45, 7) is 3.54. The Balaban J connectivity index is 1.74. The van der Waals surface area contributed by atoms with Crippen molar-refractivity contribution >= 4 is 11.8 Å². The van der Waals surface area contributed by atoms with Crippen LogP contribution in [0.4, 0.5) is 0 Å². The zero-order chi connectivity index (χ0) is 11.8. The van der Waals surface area contributed by atoms with Gasteiger partial charge in [-0.25, -0.2) is 0 Å². The molecule has 2 N–H and O–H groups in total. The van der Waals surface area contributed by atoms with Crippen LogP contribution in [0.3, 0.4) is 0 Å². The maximum atomic E-state index is 5.68. The topological polar surface area (TPSA) is 56.7 Å². The van der Waals surface area contributed by atoms with Crippen LogP contribution in [-0.4, -0.2) is 20.0 Å². The van der Waals surface area contributed by atoms with E-state index < -0.39 is 0 Å². The van der Waals surface area contributed by atoms with E-state index in [-0.39, 0.29) is 0 Å². The van der Waals surface area contributed by atoms with Crippen molar-refractivity contribution in [2.45, 2.75) is 56.1 Å². The van der Waals surface area contributed by atoms with Gasteiger partial charge in [-0.15, -0.1) is 10.2 Å². The first kappa shape index (κ1) is 11.5. The van der Waals surface area contributed by atoms with E-state index in [1.165, 1.54) is 25.7 Å². The lowest BCUT2D eigenvalue weighted by atomic mass is 10.0. The Bertz CT molecular complexity index is 403. The van der Waals surface area contributed by atoms with Gasteiger partial charge in [0.25, 0.3) is 0 Å². The molecule has 94 valence electrons. The van der Waals surface area contributed by atoms with Crippen LogP contribution >= 0.6 is 11.8 Å². The minimum absolute atomic E-state index is 0.484. The Hall–Kier alpha value is -0.550. The largest absolute Gasteiger partial charge is 0.324 e. The molecule has 0 saturated heterocycles. The Morgan fingerprint density at radius 2 is 2.24 bits per heavy atom. The zero-order valence-electron chi connectivity index (χ0n) is 10.3. The first-order valence-electron chi connectivity index (χ1n) is 6.60. The van der Waals surface area contributed by atoms with Gasteiger partial charge in [-0.3, -0.25) is 0 Å². The summed E-state index contributed by atoms with van der Waals surface area (Å²) in [5.74, 6) is 2.83. The van der Waals surface area contributed by atoms with Gasteiger partial charge in [-0.2, -0.15) is 0 Å². The number of hydrogen-bond donors (Lipinski definition) is 1. The van der Waals surface area contributed by atoms with Crippen LogP contribution in [0, 0.1) is 11.8 Å². The molecule has 0 spiro atoms. The van der Waals surface area contributed by atoms with Crippen molar-refractivity contribution in [2.75, 3.05) is 0 Å². The minimum Gasteiger partial charge on any atom is -0.324 e. The number of thioether (sulfide) groups is 1. The van der Waals surface area contributed by atoms with Crippen molar-refractivity contribution in [3.05, 3.63) is 5.82 Å². The summed E-state index contributed by atoms with van der Waals surface area (Å²) in [5.41, 5.74) is 5.68. The van der Waals surface area contributed by atoms with Gasteiger partial charge in [0.05, 0.1) is 6.54 Å². The van der Waals surface area contributed by atoms with Gasteiger partial charge < -0.3 is 10.3 Å². The molecule has 0 amide bonds. The molecule has 1 aromatic heterocycles. The average Bonchev–Trinajstić information content (AvgIpc) is 3.02. The SMILES string of the molecule is CCn1c(CN)nnc1SC1CC2CCC1C2. The van der Waals surface area contributed by atoms with Crippen molar-refractivity contribution < 1.29 is 0 Å². The van der Waals surface area contributed by atoms with Crippen molar-refractivity contribution in [3.8, 4) is 0 Å². The summed E-state index contributed by atoms with van der Waals surface area (Å²) in [7, 11) is 0. The zero-order valence-corrected chi connectivity index (χ0v) is 11.1. The Labute approximate surface area is 106 Å². The molecule has 3 rings (SSSR count). The molecule has 17 heavy (non-hydrogen) atoms. The van der Waals surface area contributed by atoms with E-state index in [9.17, 15) is 0 Å². The maximum absolute atomic E-state index is 5.68. The number of hydrogen-bond acceptors (Lipinski definition) is 4. The third-order valence-electron chi connectivity index (χ3n) is 4.22. The van der Waals surface area contributed by atoms with Crippen LogP contribution in [0.5, 0.6) is 0 Å². The fraction of sp³-hybridized carbons (Fsp3) is 0.833. The molecule has 4 nitrogen and oxygen atoms in total. The molecular formula is C12H20N4S. The molecule has 2 aliphatic rings. The molecule has 0 radical (unpaired) electrons. The smallest absolute Gasteiger partial charge is 0.191 e. The van der Waals surface area contributed by atoms with Crippen LogP contribution in [0.15, 0.2) is 5.16 Å². The fourth-order valence-corrected chi connectivity index (χ4v) is 4.87. The molecule has 3 atom stereocenters. The summed E-state index contributed by atoms with van der Waals surface area (Å²) in [5, 5.41) is 10.3. The van der Waals surface area contributed by atoms with Crippen LogP contribution in [0.2, 0.25) is 0 Å². The average molecular weight is 252 g/mol. The normalized spacial score (nSPS) is 31.3. The lowest BCUT2D eigenvalue weighted by Crippen LogP contribution is -2.14. The summed E-state index contributed by atoms with van der Waals surface area (Å²) in [6, 6.07) is 0. The van der Waals surface area contributed by atoms with Gasteiger partial charge in [-0.05, 0) is 38.0 Å². The maximum Gasteiger partial charge on any atom is 0.191 e. The molecule has 2 fully saturated rings. The molecular weight excluding hydrogens is 232 g/mol.